The molecule has 3 rings (SSSR count). The van der Waals surface area contributed by atoms with E-state index in [9.17, 15) is 9.59 Å². The summed E-state index contributed by atoms with van der Waals surface area (Å²) in [5.74, 6) is -0.400. The molecule has 7 heteroatoms. The lowest BCUT2D eigenvalue weighted by atomic mass is 10.2. The highest BCUT2D eigenvalue weighted by Gasteiger charge is 2.24. The third-order valence-electron chi connectivity index (χ3n) is 3.22. The second kappa shape index (κ2) is 5.76. The fourth-order valence-electron chi connectivity index (χ4n) is 2.14. The van der Waals surface area contributed by atoms with E-state index in [1.807, 2.05) is 35.0 Å². The number of nitrogens with one attached hydrogen (secondary N) is 3. The van der Waals surface area contributed by atoms with Crippen molar-refractivity contribution in [3.05, 3.63) is 43.0 Å². The van der Waals surface area contributed by atoms with Crippen molar-refractivity contribution >= 4 is 17.5 Å². The molecule has 0 aliphatic carbocycles. The Morgan fingerprint density at radius 1 is 1.33 bits per heavy atom. The first kappa shape index (κ1) is 13.3. The summed E-state index contributed by atoms with van der Waals surface area (Å²) in [6.07, 6.45) is 5.25. The van der Waals surface area contributed by atoms with Crippen LogP contribution in [0.2, 0.25) is 0 Å². The fraction of sp³-hybridized carbons (Fsp3) is 0.214. The molecule has 1 aliphatic heterocycles. The van der Waals surface area contributed by atoms with E-state index >= 15 is 0 Å². The Kier molecular flexibility index (Phi) is 3.65. The van der Waals surface area contributed by atoms with Crippen LogP contribution >= 0.6 is 0 Å². The van der Waals surface area contributed by atoms with Gasteiger partial charge in [0.05, 0.1) is 12.9 Å². The predicted molar refractivity (Wildman–Crippen MR) is 77.0 cm³/mol. The summed E-state index contributed by atoms with van der Waals surface area (Å²) in [5, 5.41) is 8.33. The first-order chi connectivity index (χ1) is 10.2. The minimum absolute atomic E-state index is 0.170. The number of nitrogens with zero attached hydrogens (tertiary/aromatic N) is 2. The lowest BCUT2D eigenvalue weighted by molar-refractivity contribution is -0.127. The molecule has 0 saturated carbocycles. The van der Waals surface area contributed by atoms with Gasteiger partial charge in [0.15, 0.2) is 0 Å². The van der Waals surface area contributed by atoms with Gasteiger partial charge in [-0.2, -0.15) is 0 Å². The van der Waals surface area contributed by atoms with Crippen molar-refractivity contribution in [2.24, 2.45) is 0 Å². The number of hydrogen-bond donors (Lipinski definition) is 3. The molecular formula is C14H15N5O2. The zero-order chi connectivity index (χ0) is 14.7. The molecular weight excluding hydrogens is 270 g/mol. The van der Waals surface area contributed by atoms with Crippen LogP contribution in [0, 0.1) is 0 Å². The smallest absolute Gasteiger partial charge is 0.248 e. The quantitative estimate of drug-likeness (QED) is 0.735. The summed E-state index contributed by atoms with van der Waals surface area (Å²) in [6.45, 7) is 0.689. The van der Waals surface area contributed by atoms with E-state index in [0.29, 0.717) is 12.2 Å². The van der Waals surface area contributed by atoms with E-state index in [1.165, 1.54) is 0 Å². The molecule has 21 heavy (non-hydrogen) atoms. The maximum atomic E-state index is 12.0. The van der Waals surface area contributed by atoms with Crippen molar-refractivity contribution < 1.29 is 9.59 Å². The van der Waals surface area contributed by atoms with Crippen LogP contribution in [0.1, 0.15) is 0 Å². The summed E-state index contributed by atoms with van der Waals surface area (Å²) < 4.78 is 1.87. The zero-order valence-electron chi connectivity index (χ0n) is 11.2. The molecule has 1 saturated heterocycles. The molecule has 0 unspecified atom stereocenters. The number of piperazine rings is 1. The number of carbonyl (C=O) groups excluding carboxylic acids is 2. The van der Waals surface area contributed by atoms with Crippen LogP contribution in [-0.2, 0) is 9.59 Å². The molecule has 2 amide bonds. The molecule has 7 nitrogen and oxygen atoms in total. The maximum absolute atomic E-state index is 12.0. The van der Waals surface area contributed by atoms with Crippen LogP contribution in [0.15, 0.2) is 43.0 Å². The summed E-state index contributed by atoms with van der Waals surface area (Å²) in [4.78, 5) is 27.3. The SMILES string of the molecule is O=C1CNC[C@@H](C(=O)Nc2ccc(-n3ccnc3)cc2)N1. The number of rotatable bonds is 3. The molecule has 0 radical (unpaired) electrons. The molecule has 1 fully saturated rings. The molecule has 3 N–H and O–H groups in total. The van der Waals surface area contributed by atoms with Gasteiger partial charge in [0.2, 0.25) is 11.8 Å². The molecule has 108 valence electrons. The molecule has 1 aromatic heterocycles. The lowest BCUT2D eigenvalue weighted by Crippen LogP contribution is -2.57. The van der Waals surface area contributed by atoms with Crippen LogP contribution in [-0.4, -0.2) is 40.5 Å². The minimum Gasteiger partial charge on any atom is -0.342 e. The van der Waals surface area contributed by atoms with Gasteiger partial charge in [-0.15, -0.1) is 0 Å². The van der Waals surface area contributed by atoms with Crippen LogP contribution in [0.25, 0.3) is 5.69 Å². The number of carbonyl (C=O) groups is 2. The highest BCUT2D eigenvalue weighted by molar-refractivity contribution is 5.98. The van der Waals surface area contributed by atoms with E-state index < -0.39 is 6.04 Å². The van der Waals surface area contributed by atoms with Gasteiger partial charge in [0.1, 0.15) is 6.04 Å². The largest absolute Gasteiger partial charge is 0.342 e. The van der Waals surface area contributed by atoms with E-state index in [2.05, 4.69) is 20.9 Å². The maximum Gasteiger partial charge on any atom is 0.248 e. The van der Waals surface area contributed by atoms with Gasteiger partial charge in [-0.25, -0.2) is 4.98 Å². The van der Waals surface area contributed by atoms with Gasteiger partial charge in [-0.3, -0.25) is 9.59 Å². The van der Waals surface area contributed by atoms with Crippen LogP contribution in [0.5, 0.6) is 0 Å². The molecule has 2 heterocycles. The Bertz CT molecular complexity index is 636. The van der Waals surface area contributed by atoms with Gasteiger partial charge in [0, 0.05) is 30.3 Å². The number of hydrogen-bond acceptors (Lipinski definition) is 4. The van der Waals surface area contributed by atoms with Crippen molar-refractivity contribution in [2.45, 2.75) is 6.04 Å². The van der Waals surface area contributed by atoms with E-state index in [1.54, 1.807) is 12.5 Å². The van der Waals surface area contributed by atoms with Crippen LogP contribution < -0.4 is 16.0 Å². The number of imidazole rings is 1. The normalized spacial score (nSPS) is 18.1. The van der Waals surface area contributed by atoms with Gasteiger partial charge in [-0.05, 0) is 24.3 Å². The Labute approximate surface area is 121 Å². The van der Waals surface area contributed by atoms with Gasteiger partial charge < -0.3 is 20.5 Å². The number of amides is 2. The highest BCUT2D eigenvalue weighted by Crippen LogP contribution is 2.13. The Balaban J connectivity index is 1.65. The lowest BCUT2D eigenvalue weighted by Gasteiger charge is -2.23. The zero-order valence-corrected chi connectivity index (χ0v) is 11.2. The Morgan fingerprint density at radius 2 is 2.14 bits per heavy atom. The average Bonchev–Trinajstić information content (AvgIpc) is 3.02. The first-order valence-corrected chi connectivity index (χ1v) is 6.62. The second-order valence-electron chi connectivity index (χ2n) is 4.76. The molecule has 1 aromatic carbocycles. The van der Waals surface area contributed by atoms with Crippen LogP contribution in [0.3, 0.4) is 0 Å². The highest BCUT2D eigenvalue weighted by atomic mass is 16.2. The number of aromatic nitrogens is 2. The third kappa shape index (κ3) is 3.09. The van der Waals surface area contributed by atoms with E-state index in [-0.39, 0.29) is 18.4 Å². The van der Waals surface area contributed by atoms with Gasteiger partial charge in [-0.1, -0.05) is 0 Å². The fourth-order valence-corrected chi connectivity index (χ4v) is 2.14. The van der Waals surface area contributed by atoms with Crippen molar-refractivity contribution in [3.8, 4) is 5.69 Å². The molecule has 2 aromatic rings. The minimum atomic E-state index is -0.542. The summed E-state index contributed by atoms with van der Waals surface area (Å²) in [7, 11) is 0. The van der Waals surface area contributed by atoms with E-state index in [0.717, 1.165) is 5.69 Å². The predicted octanol–water partition coefficient (Wildman–Crippen LogP) is -0.101. The second-order valence-corrected chi connectivity index (χ2v) is 4.76. The molecule has 0 spiro atoms. The van der Waals surface area contributed by atoms with Gasteiger partial charge in [0.25, 0.3) is 0 Å². The summed E-state index contributed by atoms with van der Waals surface area (Å²) in [5.41, 5.74) is 1.64. The van der Waals surface area contributed by atoms with Crippen LogP contribution in [0.4, 0.5) is 5.69 Å². The van der Waals surface area contributed by atoms with Crippen molar-refractivity contribution in [2.75, 3.05) is 18.4 Å². The van der Waals surface area contributed by atoms with Crippen molar-refractivity contribution in [1.82, 2.24) is 20.2 Å². The monoisotopic (exact) mass is 285 g/mol. The van der Waals surface area contributed by atoms with Crippen molar-refractivity contribution in [3.63, 3.8) is 0 Å². The number of anilines is 1. The summed E-state index contributed by atoms with van der Waals surface area (Å²) >= 11 is 0. The van der Waals surface area contributed by atoms with E-state index in [4.69, 9.17) is 0 Å². The topological polar surface area (TPSA) is 88.1 Å². The average molecular weight is 285 g/mol. The summed E-state index contributed by atoms with van der Waals surface area (Å²) in [6, 6.07) is 6.85. The molecule has 0 bridgehead atoms. The first-order valence-electron chi connectivity index (χ1n) is 6.62. The third-order valence-corrected chi connectivity index (χ3v) is 3.22. The number of benzene rings is 1. The van der Waals surface area contributed by atoms with Crippen molar-refractivity contribution in [1.29, 1.82) is 0 Å². The Hall–Kier alpha value is -2.67. The Morgan fingerprint density at radius 3 is 2.81 bits per heavy atom. The molecule has 1 aliphatic rings. The standard InChI is InChI=1S/C14H15N5O2/c20-13-8-16-7-12(18-13)14(21)17-10-1-3-11(4-2-10)19-6-5-15-9-19/h1-6,9,12,16H,7-8H2,(H,17,21)(H,18,20)/t12-/m0/s1. The molecule has 1 atom stereocenters. The van der Waals surface area contributed by atoms with Gasteiger partial charge >= 0.3 is 0 Å².